The number of hydrogen-bond donors (Lipinski definition) is 2. The van der Waals surface area contributed by atoms with E-state index >= 15 is 0 Å². The Hall–Kier alpha value is -4.01. The normalized spacial score (nSPS) is 12.3. The summed E-state index contributed by atoms with van der Waals surface area (Å²) in [6, 6.07) is 11.3. The zero-order valence-corrected chi connectivity index (χ0v) is 20.3. The lowest BCUT2D eigenvalue weighted by Crippen LogP contribution is -2.24. The number of nitrogens with zero attached hydrogens (tertiary/aromatic N) is 2. The van der Waals surface area contributed by atoms with Crippen molar-refractivity contribution in [3.8, 4) is 5.75 Å². The smallest absolute Gasteiger partial charge is 0.273 e. The van der Waals surface area contributed by atoms with E-state index in [0.717, 1.165) is 48.6 Å². The number of benzene rings is 2. The summed E-state index contributed by atoms with van der Waals surface area (Å²) in [4.78, 5) is 22.7. The van der Waals surface area contributed by atoms with Crippen molar-refractivity contribution in [2.24, 2.45) is 12.8 Å². The molecule has 36 heavy (non-hydrogen) atoms. The van der Waals surface area contributed by atoms with Crippen molar-refractivity contribution < 1.29 is 23.4 Å². The van der Waals surface area contributed by atoms with Gasteiger partial charge in [0.15, 0.2) is 0 Å². The van der Waals surface area contributed by atoms with Gasteiger partial charge in [-0.2, -0.15) is 5.10 Å². The fourth-order valence-electron chi connectivity index (χ4n) is 3.82. The predicted molar refractivity (Wildman–Crippen MR) is 132 cm³/mol. The van der Waals surface area contributed by atoms with E-state index in [1.54, 1.807) is 20.4 Å². The first-order valence-corrected chi connectivity index (χ1v) is 11.5. The zero-order chi connectivity index (χ0) is 26.2. The molecule has 1 aliphatic rings. The van der Waals surface area contributed by atoms with E-state index in [1.165, 1.54) is 16.7 Å². The Morgan fingerprint density at radius 3 is 2.33 bits per heavy atom. The Morgan fingerprint density at radius 2 is 1.78 bits per heavy atom. The van der Waals surface area contributed by atoms with E-state index < -0.39 is 23.1 Å². The molecule has 2 aromatic carbocycles. The summed E-state index contributed by atoms with van der Waals surface area (Å²) in [5.41, 5.74) is 7.90. The van der Waals surface area contributed by atoms with Crippen LogP contribution < -0.4 is 16.0 Å². The van der Waals surface area contributed by atoms with Crippen LogP contribution in [-0.4, -0.2) is 27.9 Å². The van der Waals surface area contributed by atoms with Crippen LogP contribution in [0.2, 0.25) is 0 Å². The number of allylic oxidation sites excluding steroid dienone is 2. The second kappa shape index (κ2) is 12.1. The van der Waals surface area contributed by atoms with Crippen molar-refractivity contribution in [3.05, 3.63) is 104 Å². The number of aliphatic hydroxyl groups is 1. The van der Waals surface area contributed by atoms with Crippen LogP contribution in [-0.2, 0) is 19.9 Å². The summed E-state index contributed by atoms with van der Waals surface area (Å²) in [6.07, 6.45) is 6.82. The lowest BCUT2D eigenvalue weighted by Gasteiger charge is -2.18. The molecule has 190 valence electrons. The molecule has 1 saturated carbocycles. The summed E-state index contributed by atoms with van der Waals surface area (Å²) in [5.74, 6) is -1.89. The second-order valence-corrected chi connectivity index (χ2v) is 8.48. The molecule has 1 fully saturated rings. The molecule has 1 heterocycles. The average Bonchev–Trinajstić information content (AvgIpc) is 2.80. The molecule has 0 unspecified atom stereocenters. The molecule has 9 heteroatoms. The Labute approximate surface area is 207 Å². The number of halogens is 2. The van der Waals surface area contributed by atoms with Crippen LogP contribution in [0.3, 0.4) is 0 Å². The first kappa shape index (κ1) is 26.6. The Bertz CT molecular complexity index is 1310. The number of aliphatic hydroxyl groups excluding tert-OH is 1. The predicted octanol–water partition coefficient (Wildman–Crippen LogP) is 4.37. The number of hydrogen-bond acceptors (Lipinski definition) is 5. The highest BCUT2D eigenvalue weighted by atomic mass is 19.1. The van der Waals surface area contributed by atoms with Crippen molar-refractivity contribution >= 4 is 5.91 Å². The topological polar surface area (TPSA) is 107 Å². The standard InChI is InChI=1S/C20H24N2O3.C7H5F2NO/c1-22-20(24)17(19(25-2)13-21-22)12-15-6-3-5-14(11-15)9-10-18(23)16-7-4-8-16;8-4-2-1-3-5(9)6(4)7(10)11/h3,5-6,11,13,23H,4,7-10,12H2,1-2H3;1-3H,(H2,10,11). The van der Waals surface area contributed by atoms with Gasteiger partial charge in [-0.3, -0.25) is 9.59 Å². The van der Waals surface area contributed by atoms with Crippen molar-refractivity contribution in [2.45, 2.75) is 38.5 Å². The largest absolute Gasteiger partial charge is 0.512 e. The maximum Gasteiger partial charge on any atom is 0.273 e. The minimum atomic E-state index is -1.10. The third kappa shape index (κ3) is 6.56. The fourth-order valence-corrected chi connectivity index (χ4v) is 3.82. The Balaban J connectivity index is 0.000000275. The summed E-state index contributed by atoms with van der Waals surface area (Å²) < 4.78 is 31.7. The van der Waals surface area contributed by atoms with E-state index in [4.69, 9.17) is 10.5 Å². The zero-order valence-electron chi connectivity index (χ0n) is 20.3. The molecule has 1 aromatic heterocycles. The molecule has 3 N–H and O–H groups in total. The first-order chi connectivity index (χ1) is 17.2. The number of primary amides is 1. The van der Waals surface area contributed by atoms with Crippen LogP contribution in [0, 0.1) is 11.6 Å². The summed E-state index contributed by atoms with van der Waals surface area (Å²) in [7, 11) is 3.19. The van der Waals surface area contributed by atoms with Gasteiger partial charge in [0.1, 0.15) is 22.9 Å². The Morgan fingerprint density at radius 1 is 1.14 bits per heavy atom. The number of nitrogens with two attached hydrogens (primary N) is 1. The van der Waals surface area contributed by atoms with Crippen molar-refractivity contribution in [3.63, 3.8) is 0 Å². The maximum atomic E-state index is 12.6. The second-order valence-electron chi connectivity index (χ2n) is 8.48. The molecule has 7 nitrogen and oxygen atoms in total. The molecule has 3 aromatic rings. The molecular weight excluding hydrogens is 468 g/mol. The van der Waals surface area contributed by atoms with Crippen LogP contribution in [0.15, 0.2) is 64.8 Å². The molecule has 0 aliphatic heterocycles. The summed E-state index contributed by atoms with van der Waals surface area (Å²) in [6.45, 7) is 0. The molecule has 4 rings (SSSR count). The summed E-state index contributed by atoms with van der Waals surface area (Å²) >= 11 is 0. The monoisotopic (exact) mass is 497 g/mol. The van der Waals surface area contributed by atoms with Crippen LogP contribution >= 0.6 is 0 Å². The van der Waals surface area contributed by atoms with Gasteiger partial charge in [-0.15, -0.1) is 0 Å². The fraction of sp³-hybridized carbons (Fsp3) is 0.296. The third-order valence-electron chi connectivity index (χ3n) is 6.01. The number of aryl methyl sites for hydroxylation is 2. The molecule has 0 radical (unpaired) electrons. The third-order valence-corrected chi connectivity index (χ3v) is 6.01. The molecular formula is C27H29F2N3O4. The highest BCUT2D eigenvalue weighted by Crippen LogP contribution is 2.29. The maximum absolute atomic E-state index is 12.6. The van der Waals surface area contributed by atoms with Gasteiger partial charge in [-0.05, 0) is 54.5 Å². The molecule has 0 saturated heterocycles. The van der Waals surface area contributed by atoms with Gasteiger partial charge in [-0.25, -0.2) is 13.5 Å². The number of methoxy groups -OCH3 is 1. The van der Waals surface area contributed by atoms with Crippen LogP contribution in [0.5, 0.6) is 5.75 Å². The van der Waals surface area contributed by atoms with Gasteiger partial charge >= 0.3 is 0 Å². The number of carbonyl (C=O) groups is 1. The van der Waals surface area contributed by atoms with Crippen LogP contribution in [0.4, 0.5) is 8.78 Å². The van der Waals surface area contributed by atoms with Gasteiger partial charge in [0.2, 0.25) is 0 Å². The highest BCUT2D eigenvalue weighted by molar-refractivity contribution is 5.93. The Kier molecular flexibility index (Phi) is 8.94. The number of carbonyl (C=O) groups excluding carboxylic acids is 1. The van der Waals surface area contributed by atoms with Crippen LogP contribution in [0.1, 0.15) is 52.7 Å². The SMILES string of the molecule is COc1cnn(C)c(=O)c1Cc1cccc(CCC(O)=C2CCC2)c1.NC(=O)c1c(F)cccc1F. The van der Waals surface area contributed by atoms with Gasteiger partial charge in [0.05, 0.1) is 24.6 Å². The van der Waals surface area contributed by atoms with Crippen LogP contribution in [0.25, 0.3) is 0 Å². The van der Waals surface area contributed by atoms with Gasteiger partial charge < -0.3 is 15.6 Å². The minimum Gasteiger partial charge on any atom is -0.512 e. The number of ether oxygens (including phenoxy) is 1. The molecule has 0 atom stereocenters. The van der Waals surface area contributed by atoms with Gasteiger partial charge in [0.25, 0.3) is 11.5 Å². The van der Waals surface area contributed by atoms with E-state index in [2.05, 4.69) is 17.2 Å². The van der Waals surface area contributed by atoms with Crippen molar-refractivity contribution in [1.29, 1.82) is 0 Å². The van der Waals surface area contributed by atoms with E-state index in [9.17, 15) is 23.5 Å². The van der Waals surface area contributed by atoms with Gasteiger partial charge in [-0.1, -0.05) is 30.3 Å². The molecule has 1 amide bonds. The summed E-state index contributed by atoms with van der Waals surface area (Å²) in [5, 5.41) is 14.1. The number of amides is 1. The number of rotatable bonds is 7. The average molecular weight is 498 g/mol. The molecule has 0 bridgehead atoms. The lowest BCUT2D eigenvalue weighted by molar-refractivity contribution is 0.0992. The van der Waals surface area contributed by atoms with E-state index in [-0.39, 0.29) is 5.56 Å². The van der Waals surface area contributed by atoms with Crippen molar-refractivity contribution in [2.75, 3.05) is 7.11 Å². The number of aromatic nitrogens is 2. The molecule has 1 aliphatic carbocycles. The van der Waals surface area contributed by atoms with E-state index in [1.807, 2.05) is 12.1 Å². The lowest BCUT2D eigenvalue weighted by atomic mass is 9.89. The first-order valence-electron chi connectivity index (χ1n) is 11.5. The van der Waals surface area contributed by atoms with Crippen molar-refractivity contribution in [1.82, 2.24) is 9.78 Å². The van der Waals surface area contributed by atoms with Gasteiger partial charge in [0, 0.05) is 19.9 Å². The highest BCUT2D eigenvalue weighted by Gasteiger charge is 2.15. The molecule has 0 spiro atoms. The minimum absolute atomic E-state index is 0.142. The van der Waals surface area contributed by atoms with E-state index in [0.29, 0.717) is 29.9 Å². The quantitative estimate of drug-likeness (QED) is 0.472.